The summed E-state index contributed by atoms with van der Waals surface area (Å²) in [7, 11) is 0. The van der Waals surface area contributed by atoms with Crippen molar-refractivity contribution in [1.82, 2.24) is 5.32 Å². The van der Waals surface area contributed by atoms with Gasteiger partial charge in [0.25, 0.3) is 5.91 Å². The van der Waals surface area contributed by atoms with Crippen LogP contribution in [0.4, 0.5) is 14.5 Å². The van der Waals surface area contributed by atoms with Crippen LogP contribution in [0.15, 0.2) is 48.5 Å². The van der Waals surface area contributed by atoms with E-state index in [1.54, 1.807) is 24.3 Å². The zero-order valence-corrected chi connectivity index (χ0v) is 16.1. The molecular weight excluding hydrogens is 380 g/mol. The van der Waals surface area contributed by atoms with Crippen molar-refractivity contribution in [1.29, 1.82) is 0 Å². The Balaban J connectivity index is 1.36. The van der Waals surface area contributed by atoms with Crippen molar-refractivity contribution in [3.8, 4) is 11.5 Å². The second-order valence-electron chi connectivity index (χ2n) is 7.02. The van der Waals surface area contributed by atoms with Crippen molar-refractivity contribution in [3.63, 3.8) is 0 Å². The lowest BCUT2D eigenvalue weighted by Crippen LogP contribution is -3.16. The van der Waals surface area contributed by atoms with Gasteiger partial charge in [-0.05, 0) is 36.2 Å². The monoisotopic (exact) mass is 406 g/mol. The zero-order chi connectivity index (χ0) is 20.6. The third-order valence-electron chi connectivity index (χ3n) is 4.99. The van der Waals surface area contributed by atoms with Crippen LogP contribution < -0.4 is 19.9 Å². The third-order valence-corrected chi connectivity index (χ3v) is 4.99. The minimum atomic E-state index is -2.83. The van der Waals surface area contributed by atoms with Crippen molar-refractivity contribution in [3.05, 3.63) is 54.1 Å². The molecule has 6 nitrogen and oxygen atoms in total. The molecule has 2 aromatic carbocycles. The summed E-state index contributed by atoms with van der Waals surface area (Å²) < 4.78 is 28.6. The first-order chi connectivity index (χ1) is 14.0. The van der Waals surface area contributed by atoms with Crippen LogP contribution in [0.3, 0.4) is 0 Å². The Morgan fingerprint density at radius 2 is 1.83 bits per heavy atom. The fourth-order valence-corrected chi connectivity index (χ4v) is 3.45. The number of nitrogens with zero attached hydrogens (tertiary/aromatic N) is 1. The number of piperazine rings is 1. The van der Waals surface area contributed by atoms with Crippen LogP contribution in [0.5, 0.6) is 11.5 Å². The van der Waals surface area contributed by atoms with Crippen LogP contribution in [0.2, 0.25) is 0 Å². The molecule has 1 aliphatic rings. The number of quaternary nitrogens is 1. The molecule has 1 aliphatic heterocycles. The topological polar surface area (TPSA) is 66.2 Å². The summed E-state index contributed by atoms with van der Waals surface area (Å²) in [5.74, 6) is 0.399. The molecule has 0 unspecified atom stereocenters. The zero-order valence-electron chi connectivity index (χ0n) is 16.1. The predicted octanol–water partition coefficient (Wildman–Crippen LogP) is 1.06. The summed E-state index contributed by atoms with van der Waals surface area (Å²) in [5.41, 5.74) is 1.77. The van der Waals surface area contributed by atoms with Crippen molar-refractivity contribution in [2.24, 2.45) is 0 Å². The summed E-state index contributed by atoms with van der Waals surface area (Å²) in [6.07, 6.45) is 0.622. The lowest BCUT2D eigenvalue weighted by molar-refractivity contribution is -0.892. The summed E-state index contributed by atoms with van der Waals surface area (Å²) in [4.78, 5) is 15.5. The van der Waals surface area contributed by atoms with Crippen molar-refractivity contribution in [2.45, 2.75) is 13.0 Å². The Hall–Kier alpha value is -2.87. The molecule has 0 bridgehead atoms. The largest absolute Gasteiger partial charge is 0.506 e. The molecule has 156 valence electrons. The average Bonchev–Trinajstić information content (AvgIpc) is 2.70. The molecule has 0 spiro atoms. The van der Waals surface area contributed by atoms with Crippen molar-refractivity contribution >= 4 is 11.6 Å². The van der Waals surface area contributed by atoms with Gasteiger partial charge >= 0.3 is 6.61 Å². The molecule has 0 aliphatic carbocycles. The Kier molecular flexibility index (Phi) is 7.24. The van der Waals surface area contributed by atoms with E-state index in [1.165, 1.54) is 17.0 Å². The Morgan fingerprint density at radius 1 is 1.14 bits per heavy atom. The number of hydrogen-bond acceptors (Lipinski definition) is 4. The van der Waals surface area contributed by atoms with Gasteiger partial charge < -0.3 is 25.0 Å². The standard InChI is InChI=1S/C21H25F2N3O3/c22-21(23)29-17-7-5-16(6-8-17)9-10-24-20(28)15-25-11-13-26(14-12-25)18-3-1-2-4-19(18)27/h1-8,21,27H,9-15H2,(H,24,28)/p+1. The highest BCUT2D eigenvalue weighted by Gasteiger charge is 2.23. The van der Waals surface area contributed by atoms with Gasteiger partial charge in [-0.25, -0.2) is 0 Å². The number of carbonyl (C=O) groups excluding carboxylic acids is 1. The molecule has 8 heteroatoms. The van der Waals surface area contributed by atoms with Gasteiger partial charge in [0.1, 0.15) is 11.5 Å². The van der Waals surface area contributed by atoms with Crippen LogP contribution in [0.25, 0.3) is 0 Å². The quantitative estimate of drug-likeness (QED) is 0.613. The molecule has 2 aromatic rings. The maximum absolute atomic E-state index is 12.2. The number of amides is 1. The molecule has 1 heterocycles. The second kappa shape index (κ2) is 10.1. The summed E-state index contributed by atoms with van der Waals surface area (Å²) in [5, 5.41) is 12.9. The van der Waals surface area contributed by atoms with E-state index in [0.717, 1.165) is 37.4 Å². The summed E-state index contributed by atoms with van der Waals surface area (Å²) in [6.45, 7) is 1.30. The van der Waals surface area contributed by atoms with Crippen LogP contribution >= 0.6 is 0 Å². The number of aromatic hydroxyl groups is 1. The van der Waals surface area contributed by atoms with E-state index < -0.39 is 6.61 Å². The van der Waals surface area contributed by atoms with Gasteiger partial charge in [-0.15, -0.1) is 0 Å². The summed E-state index contributed by atoms with van der Waals surface area (Å²) in [6, 6.07) is 13.7. The second-order valence-corrected chi connectivity index (χ2v) is 7.02. The number of hydrogen-bond donors (Lipinski definition) is 3. The first-order valence-electron chi connectivity index (χ1n) is 9.68. The fraction of sp³-hybridized carbons (Fsp3) is 0.381. The molecule has 1 amide bonds. The Bertz CT molecular complexity index is 794. The number of anilines is 1. The van der Waals surface area contributed by atoms with Gasteiger partial charge in [0.05, 0.1) is 31.9 Å². The number of ether oxygens (including phenoxy) is 1. The number of phenols is 1. The van der Waals surface area contributed by atoms with E-state index in [1.807, 2.05) is 12.1 Å². The van der Waals surface area contributed by atoms with E-state index in [2.05, 4.69) is 15.0 Å². The Labute approximate surface area is 168 Å². The number of rotatable bonds is 8. The van der Waals surface area contributed by atoms with Gasteiger partial charge in [0.15, 0.2) is 6.54 Å². The summed E-state index contributed by atoms with van der Waals surface area (Å²) >= 11 is 0. The van der Waals surface area contributed by atoms with Crippen LogP contribution in [0.1, 0.15) is 5.56 Å². The minimum Gasteiger partial charge on any atom is -0.506 e. The highest BCUT2D eigenvalue weighted by Crippen LogP contribution is 2.25. The van der Waals surface area contributed by atoms with Crippen molar-refractivity contribution in [2.75, 3.05) is 44.2 Å². The van der Waals surface area contributed by atoms with Gasteiger partial charge in [-0.2, -0.15) is 8.78 Å². The molecular formula is C21H26F2N3O3+. The molecule has 3 rings (SSSR count). The van der Waals surface area contributed by atoms with E-state index in [-0.39, 0.29) is 17.4 Å². The van der Waals surface area contributed by atoms with Crippen LogP contribution in [0, 0.1) is 0 Å². The number of phenolic OH excluding ortho intramolecular Hbond substituents is 1. The lowest BCUT2D eigenvalue weighted by Gasteiger charge is -2.33. The number of carbonyl (C=O) groups is 1. The first-order valence-corrected chi connectivity index (χ1v) is 9.68. The highest BCUT2D eigenvalue weighted by molar-refractivity contribution is 5.76. The van der Waals surface area contributed by atoms with E-state index >= 15 is 0 Å². The Morgan fingerprint density at radius 3 is 2.48 bits per heavy atom. The number of nitrogens with one attached hydrogen (secondary N) is 2. The number of para-hydroxylation sites is 2. The molecule has 0 saturated carbocycles. The number of halogens is 2. The highest BCUT2D eigenvalue weighted by atomic mass is 19.3. The van der Waals surface area contributed by atoms with Gasteiger partial charge in [0, 0.05) is 6.54 Å². The molecule has 0 atom stereocenters. The average molecular weight is 406 g/mol. The van der Waals surface area contributed by atoms with Gasteiger partial charge in [0.2, 0.25) is 0 Å². The van der Waals surface area contributed by atoms with E-state index in [4.69, 9.17) is 0 Å². The number of benzene rings is 2. The SMILES string of the molecule is O=C(C[NH+]1CCN(c2ccccc2O)CC1)NCCc1ccc(OC(F)F)cc1. The van der Waals surface area contributed by atoms with Crippen molar-refractivity contribution < 1.29 is 28.3 Å². The third kappa shape index (κ3) is 6.32. The predicted molar refractivity (Wildman–Crippen MR) is 106 cm³/mol. The molecule has 1 fully saturated rings. The van der Waals surface area contributed by atoms with Gasteiger partial charge in [-0.3, -0.25) is 4.79 Å². The van der Waals surface area contributed by atoms with Crippen LogP contribution in [-0.2, 0) is 11.2 Å². The fourth-order valence-electron chi connectivity index (χ4n) is 3.45. The van der Waals surface area contributed by atoms with Crippen LogP contribution in [-0.4, -0.2) is 56.9 Å². The smallest absolute Gasteiger partial charge is 0.387 e. The maximum atomic E-state index is 12.2. The number of alkyl halides is 2. The first kappa shape index (κ1) is 20.9. The van der Waals surface area contributed by atoms with E-state index in [0.29, 0.717) is 19.5 Å². The molecule has 29 heavy (non-hydrogen) atoms. The molecule has 0 radical (unpaired) electrons. The normalized spacial score (nSPS) is 14.8. The lowest BCUT2D eigenvalue weighted by atomic mass is 10.1. The van der Waals surface area contributed by atoms with Gasteiger partial charge in [-0.1, -0.05) is 24.3 Å². The molecule has 3 N–H and O–H groups in total. The van der Waals surface area contributed by atoms with E-state index in [9.17, 15) is 18.7 Å². The maximum Gasteiger partial charge on any atom is 0.387 e. The molecule has 0 aromatic heterocycles. The minimum absolute atomic E-state index is 0.00587. The molecule has 1 saturated heterocycles.